The molecule has 0 saturated carbocycles. The highest BCUT2D eigenvalue weighted by molar-refractivity contribution is 6.24. The van der Waals surface area contributed by atoms with Gasteiger partial charge in [0.05, 0.1) is 11.3 Å². The van der Waals surface area contributed by atoms with Gasteiger partial charge >= 0.3 is 0 Å². The van der Waals surface area contributed by atoms with Gasteiger partial charge in [-0.05, 0) is 25.8 Å². The first-order valence-electron chi connectivity index (χ1n) is 6.19. The van der Waals surface area contributed by atoms with E-state index in [2.05, 4.69) is 4.98 Å². The number of carbonyl (C=O) groups excluding carboxylic acids is 2. The number of Topliss-reactive ketones (excluding diaryl/α,β-unsaturated/α-hetero) is 1. The summed E-state index contributed by atoms with van der Waals surface area (Å²) < 4.78 is 0. The van der Waals surface area contributed by atoms with Crippen LogP contribution in [0.3, 0.4) is 0 Å². The molecule has 0 radical (unpaired) electrons. The zero-order chi connectivity index (χ0) is 12.7. The van der Waals surface area contributed by atoms with Gasteiger partial charge in [0.1, 0.15) is 0 Å². The molecule has 1 aliphatic carbocycles. The molecule has 0 unspecified atom stereocenters. The van der Waals surface area contributed by atoms with Gasteiger partial charge in [-0.15, -0.1) is 0 Å². The number of hydrogen-bond donors (Lipinski definition) is 0. The fourth-order valence-corrected chi connectivity index (χ4v) is 2.54. The Kier molecular flexibility index (Phi) is 2.51. The van der Waals surface area contributed by atoms with E-state index in [0.717, 1.165) is 31.6 Å². The van der Waals surface area contributed by atoms with E-state index in [0.29, 0.717) is 16.8 Å². The summed E-state index contributed by atoms with van der Waals surface area (Å²) in [6.45, 7) is 3.54. The second kappa shape index (κ2) is 4.05. The second-order valence-corrected chi connectivity index (χ2v) is 4.79. The summed E-state index contributed by atoms with van der Waals surface area (Å²) in [5.74, 6) is -0.156. The molecule has 1 aromatic rings. The number of aromatic nitrogens is 1. The van der Waals surface area contributed by atoms with Crippen molar-refractivity contribution in [1.29, 1.82) is 0 Å². The molecule has 18 heavy (non-hydrogen) atoms. The van der Waals surface area contributed by atoms with E-state index in [1.807, 2.05) is 11.8 Å². The molecule has 1 saturated heterocycles. The molecule has 0 bridgehead atoms. The van der Waals surface area contributed by atoms with Crippen LogP contribution < -0.4 is 0 Å². The van der Waals surface area contributed by atoms with Gasteiger partial charge in [0, 0.05) is 36.6 Å². The van der Waals surface area contributed by atoms with Crippen LogP contribution in [-0.4, -0.2) is 34.5 Å². The lowest BCUT2D eigenvalue weighted by molar-refractivity contribution is 0.0956. The Morgan fingerprint density at radius 2 is 1.89 bits per heavy atom. The minimum atomic E-state index is -0.0861. The van der Waals surface area contributed by atoms with E-state index in [4.69, 9.17) is 0 Å². The maximum Gasteiger partial charge on any atom is 0.211 e. The molecule has 1 aliphatic heterocycles. The molecule has 3 rings (SSSR count). The first-order chi connectivity index (χ1) is 8.66. The summed E-state index contributed by atoms with van der Waals surface area (Å²) in [7, 11) is 0. The number of likely N-dealkylation sites (tertiary alicyclic amines) is 1. The van der Waals surface area contributed by atoms with Crippen molar-refractivity contribution in [2.75, 3.05) is 13.1 Å². The molecule has 0 aromatic carbocycles. The number of fused-ring (bicyclic) bond motifs is 1. The Morgan fingerprint density at radius 3 is 2.61 bits per heavy atom. The Bertz CT molecular complexity index is 569. The molecule has 4 nitrogen and oxygen atoms in total. The van der Waals surface area contributed by atoms with Crippen LogP contribution in [0, 0.1) is 6.92 Å². The molecule has 0 atom stereocenters. The standard InChI is InChI=1S/C14H14N2O2/c1-9-6-10-11(8-15-9)14(18)12(7-13(10)17)16-4-2-3-5-16/h6-8H,2-5H2,1H3. The van der Waals surface area contributed by atoms with E-state index in [-0.39, 0.29) is 11.6 Å². The monoisotopic (exact) mass is 242 g/mol. The molecule has 0 N–H and O–H groups in total. The fraction of sp³-hybridized carbons (Fsp3) is 0.357. The van der Waals surface area contributed by atoms with Crippen molar-refractivity contribution in [1.82, 2.24) is 9.88 Å². The van der Waals surface area contributed by atoms with Crippen molar-refractivity contribution in [3.05, 3.63) is 40.9 Å². The van der Waals surface area contributed by atoms with E-state index < -0.39 is 0 Å². The third-order valence-corrected chi connectivity index (χ3v) is 3.50. The average molecular weight is 242 g/mol. The van der Waals surface area contributed by atoms with Gasteiger partial charge < -0.3 is 4.90 Å². The lowest BCUT2D eigenvalue weighted by atomic mass is 9.93. The maximum absolute atomic E-state index is 12.4. The van der Waals surface area contributed by atoms with E-state index >= 15 is 0 Å². The maximum atomic E-state index is 12.4. The molecule has 4 heteroatoms. The number of ketones is 2. The second-order valence-electron chi connectivity index (χ2n) is 4.79. The highest BCUT2D eigenvalue weighted by Crippen LogP contribution is 2.25. The number of pyridine rings is 1. The zero-order valence-electron chi connectivity index (χ0n) is 10.3. The van der Waals surface area contributed by atoms with Gasteiger partial charge in [-0.2, -0.15) is 0 Å². The molecule has 1 fully saturated rings. The lowest BCUT2D eigenvalue weighted by Gasteiger charge is -2.23. The van der Waals surface area contributed by atoms with Gasteiger partial charge in [0.2, 0.25) is 5.78 Å². The topological polar surface area (TPSA) is 50.3 Å². The molecular weight excluding hydrogens is 228 g/mol. The van der Waals surface area contributed by atoms with Crippen LogP contribution in [-0.2, 0) is 0 Å². The molecular formula is C14H14N2O2. The Morgan fingerprint density at radius 1 is 1.17 bits per heavy atom. The van der Waals surface area contributed by atoms with E-state index in [9.17, 15) is 9.59 Å². The van der Waals surface area contributed by atoms with Crippen LogP contribution >= 0.6 is 0 Å². The van der Waals surface area contributed by atoms with E-state index in [1.165, 1.54) is 12.3 Å². The Hall–Kier alpha value is -1.97. The third kappa shape index (κ3) is 1.65. The van der Waals surface area contributed by atoms with E-state index in [1.54, 1.807) is 6.07 Å². The smallest absolute Gasteiger partial charge is 0.211 e. The van der Waals surface area contributed by atoms with Crippen molar-refractivity contribution < 1.29 is 9.59 Å². The van der Waals surface area contributed by atoms with Crippen molar-refractivity contribution in [3.63, 3.8) is 0 Å². The summed E-state index contributed by atoms with van der Waals surface area (Å²) in [5, 5.41) is 0. The molecule has 1 aromatic heterocycles. The number of carbonyl (C=O) groups is 2. The number of nitrogens with zero attached hydrogens (tertiary/aromatic N) is 2. The number of hydrogen-bond acceptors (Lipinski definition) is 4. The first-order valence-corrected chi connectivity index (χ1v) is 6.19. The summed E-state index contributed by atoms with van der Waals surface area (Å²) in [6.07, 6.45) is 5.17. The minimum Gasteiger partial charge on any atom is -0.368 e. The van der Waals surface area contributed by atoms with Crippen LogP contribution in [0.15, 0.2) is 24.0 Å². The van der Waals surface area contributed by atoms with Crippen LogP contribution in [0.4, 0.5) is 0 Å². The molecule has 0 spiro atoms. The SMILES string of the molecule is Cc1cc2c(cn1)C(=O)C(N1CCCC1)=CC2=O. The van der Waals surface area contributed by atoms with Gasteiger partial charge in [-0.25, -0.2) is 0 Å². The molecule has 0 amide bonds. The van der Waals surface area contributed by atoms with Crippen LogP contribution in [0.5, 0.6) is 0 Å². The Balaban J connectivity index is 2.05. The normalized spacial score (nSPS) is 18.9. The van der Waals surface area contributed by atoms with Gasteiger partial charge in [0.25, 0.3) is 0 Å². The number of rotatable bonds is 1. The molecule has 2 aliphatic rings. The van der Waals surface area contributed by atoms with Crippen LogP contribution in [0.2, 0.25) is 0 Å². The predicted molar refractivity (Wildman–Crippen MR) is 66.5 cm³/mol. The van der Waals surface area contributed by atoms with Gasteiger partial charge in [-0.3, -0.25) is 14.6 Å². The number of allylic oxidation sites excluding steroid dienone is 2. The largest absolute Gasteiger partial charge is 0.368 e. The average Bonchev–Trinajstić information content (AvgIpc) is 2.87. The van der Waals surface area contributed by atoms with Crippen molar-refractivity contribution in [2.24, 2.45) is 0 Å². The highest BCUT2D eigenvalue weighted by Gasteiger charge is 2.30. The highest BCUT2D eigenvalue weighted by atomic mass is 16.1. The summed E-state index contributed by atoms with van der Waals surface area (Å²) in [5.41, 5.74) is 2.22. The van der Waals surface area contributed by atoms with Gasteiger partial charge in [0.15, 0.2) is 5.78 Å². The first kappa shape index (κ1) is 11.1. The molecule has 2 heterocycles. The Labute approximate surface area is 105 Å². The predicted octanol–water partition coefficient (Wildman–Crippen LogP) is 1.75. The summed E-state index contributed by atoms with van der Waals surface area (Å²) in [6, 6.07) is 1.69. The van der Waals surface area contributed by atoms with Crippen LogP contribution in [0.1, 0.15) is 39.3 Å². The van der Waals surface area contributed by atoms with Crippen LogP contribution in [0.25, 0.3) is 0 Å². The quantitative estimate of drug-likeness (QED) is 0.752. The fourth-order valence-electron chi connectivity index (χ4n) is 2.54. The van der Waals surface area contributed by atoms with Crippen molar-refractivity contribution in [2.45, 2.75) is 19.8 Å². The number of aryl methyl sites for hydroxylation is 1. The molecule has 92 valence electrons. The van der Waals surface area contributed by atoms with Gasteiger partial charge in [-0.1, -0.05) is 0 Å². The van der Waals surface area contributed by atoms with Crippen molar-refractivity contribution >= 4 is 11.6 Å². The lowest BCUT2D eigenvalue weighted by Crippen LogP contribution is -2.29. The summed E-state index contributed by atoms with van der Waals surface area (Å²) >= 11 is 0. The third-order valence-electron chi connectivity index (χ3n) is 3.50. The summed E-state index contributed by atoms with van der Waals surface area (Å²) in [4.78, 5) is 30.5. The zero-order valence-corrected chi connectivity index (χ0v) is 10.3. The van der Waals surface area contributed by atoms with Crippen molar-refractivity contribution in [3.8, 4) is 0 Å². The minimum absolute atomic E-state index is 0.0704.